The van der Waals surface area contributed by atoms with Gasteiger partial charge in [-0.05, 0) is 30.3 Å². The lowest BCUT2D eigenvalue weighted by Crippen LogP contribution is -2.19. The first-order valence-corrected chi connectivity index (χ1v) is 7.20. The quantitative estimate of drug-likeness (QED) is 0.743. The van der Waals surface area contributed by atoms with Crippen molar-refractivity contribution >= 4 is 38.4 Å². The maximum Gasteiger partial charge on any atom is 0.325 e. The number of anilines is 2. The zero-order valence-electron chi connectivity index (χ0n) is 11.4. The van der Waals surface area contributed by atoms with Gasteiger partial charge in [0.2, 0.25) is 0 Å². The van der Waals surface area contributed by atoms with Crippen molar-refractivity contribution in [2.24, 2.45) is 0 Å². The number of hydrogen-bond acceptors (Lipinski definition) is 4. The summed E-state index contributed by atoms with van der Waals surface area (Å²) in [5.74, 6) is -1.48. The molecule has 0 aliphatic rings. The van der Waals surface area contributed by atoms with E-state index in [-0.39, 0.29) is 10.6 Å². The average molecular weight is 330 g/mol. The Morgan fingerprint density at radius 3 is 2.61 bits per heavy atom. The van der Waals surface area contributed by atoms with Crippen LogP contribution in [-0.2, 0) is 0 Å². The normalized spacial score (nSPS) is 10.3. The van der Waals surface area contributed by atoms with Crippen LogP contribution >= 0.6 is 11.3 Å². The summed E-state index contributed by atoms with van der Waals surface area (Å²) >= 11 is 0.964. The molecule has 114 valence electrons. The minimum atomic E-state index is -0.781. The molecule has 3 rings (SSSR count). The third kappa shape index (κ3) is 3.25. The van der Waals surface area contributed by atoms with E-state index in [2.05, 4.69) is 15.6 Å². The monoisotopic (exact) mass is 330 g/mol. The summed E-state index contributed by atoms with van der Waals surface area (Å²) in [5.41, 5.74) is 0.963. The smallest absolute Gasteiger partial charge is 0.308 e. The number of nitrogens with zero attached hydrogens (tertiary/aromatic N) is 2. The predicted molar refractivity (Wildman–Crippen MR) is 83.3 cm³/mol. The zero-order chi connectivity index (χ0) is 16.4. The number of fused-ring (bicyclic) bond motifs is 1. The Kier molecular flexibility index (Phi) is 3.87. The molecule has 5 nitrogen and oxygen atoms in total. The van der Waals surface area contributed by atoms with Gasteiger partial charge in [0, 0.05) is 11.8 Å². The maximum absolute atomic E-state index is 13.6. The molecule has 0 bridgehead atoms. The SMILES string of the molecule is N#Cc1ccc(NC(=O)Nc2nc3c(F)cc(F)cc3s2)cc1. The molecule has 0 unspecified atom stereocenters. The van der Waals surface area contributed by atoms with Gasteiger partial charge in [-0.2, -0.15) is 5.26 Å². The number of carbonyl (C=O) groups is 1. The summed E-state index contributed by atoms with van der Waals surface area (Å²) in [4.78, 5) is 15.8. The highest BCUT2D eigenvalue weighted by Gasteiger charge is 2.12. The standard InChI is InChI=1S/C15H8F2N4OS/c16-9-5-11(17)13-12(6-9)23-15(20-13)21-14(22)19-10-3-1-8(7-18)2-4-10/h1-6H,(H2,19,20,21,22). The third-order valence-corrected chi connectivity index (χ3v) is 3.82. The largest absolute Gasteiger partial charge is 0.325 e. The number of carbonyl (C=O) groups excluding carboxylic acids is 1. The molecule has 2 aromatic carbocycles. The van der Waals surface area contributed by atoms with E-state index in [9.17, 15) is 13.6 Å². The molecule has 0 aliphatic heterocycles. The van der Waals surface area contributed by atoms with Gasteiger partial charge in [-0.15, -0.1) is 0 Å². The Morgan fingerprint density at radius 1 is 1.17 bits per heavy atom. The maximum atomic E-state index is 13.6. The van der Waals surface area contributed by atoms with Gasteiger partial charge >= 0.3 is 6.03 Å². The molecule has 0 radical (unpaired) electrons. The fourth-order valence-electron chi connectivity index (χ4n) is 1.90. The van der Waals surface area contributed by atoms with Gasteiger partial charge in [-0.25, -0.2) is 18.6 Å². The van der Waals surface area contributed by atoms with Crippen LogP contribution in [0, 0.1) is 23.0 Å². The molecule has 3 aromatic rings. The van der Waals surface area contributed by atoms with E-state index in [1.54, 1.807) is 24.3 Å². The van der Waals surface area contributed by atoms with Crippen molar-refractivity contribution in [3.63, 3.8) is 0 Å². The van der Waals surface area contributed by atoms with E-state index in [0.717, 1.165) is 23.5 Å². The van der Waals surface area contributed by atoms with E-state index in [1.807, 2.05) is 6.07 Å². The fraction of sp³-hybridized carbons (Fsp3) is 0. The molecule has 8 heteroatoms. The van der Waals surface area contributed by atoms with Crippen molar-refractivity contribution in [1.29, 1.82) is 5.26 Å². The van der Waals surface area contributed by atoms with Crippen molar-refractivity contribution in [3.8, 4) is 6.07 Å². The Bertz CT molecular complexity index is 931. The second-order valence-corrected chi connectivity index (χ2v) is 5.55. The number of halogens is 2. The van der Waals surface area contributed by atoms with Gasteiger partial charge in [0.15, 0.2) is 10.9 Å². The molecule has 0 saturated heterocycles. The third-order valence-electron chi connectivity index (χ3n) is 2.91. The van der Waals surface area contributed by atoms with Crippen molar-refractivity contribution in [3.05, 3.63) is 53.6 Å². The minimum absolute atomic E-state index is 0.00470. The van der Waals surface area contributed by atoms with Crippen molar-refractivity contribution < 1.29 is 13.6 Å². The van der Waals surface area contributed by atoms with Crippen LogP contribution in [0.4, 0.5) is 24.4 Å². The van der Waals surface area contributed by atoms with E-state index in [0.29, 0.717) is 16.0 Å². The van der Waals surface area contributed by atoms with Crippen molar-refractivity contribution in [2.45, 2.75) is 0 Å². The van der Waals surface area contributed by atoms with Gasteiger partial charge in [0.1, 0.15) is 11.3 Å². The lowest BCUT2D eigenvalue weighted by atomic mass is 10.2. The number of thiazole rings is 1. The molecule has 2 N–H and O–H groups in total. The number of amides is 2. The van der Waals surface area contributed by atoms with E-state index in [4.69, 9.17) is 5.26 Å². The Hall–Kier alpha value is -3.05. The Balaban J connectivity index is 1.74. The van der Waals surface area contributed by atoms with Crippen LogP contribution in [0.15, 0.2) is 36.4 Å². The number of aromatic nitrogens is 1. The van der Waals surface area contributed by atoms with Crippen LogP contribution in [0.25, 0.3) is 10.2 Å². The molecule has 1 aromatic heterocycles. The highest BCUT2D eigenvalue weighted by molar-refractivity contribution is 7.22. The molecule has 0 saturated carbocycles. The molecule has 0 aliphatic carbocycles. The minimum Gasteiger partial charge on any atom is -0.308 e. The molecule has 0 spiro atoms. The van der Waals surface area contributed by atoms with Crippen LogP contribution in [0.1, 0.15) is 5.56 Å². The van der Waals surface area contributed by atoms with E-state index < -0.39 is 17.7 Å². The molecule has 1 heterocycles. The Labute approximate surface area is 133 Å². The topological polar surface area (TPSA) is 77.8 Å². The number of hydrogen-bond donors (Lipinski definition) is 2. The van der Waals surface area contributed by atoms with Gasteiger partial charge in [0.05, 0.1) is 16.3 Å². The number of benzene rings is 2. The van der Waals surface area contributed by atoms with Gasteiger partial charge in [-0.1, -0.05) is 11.3 Å². The van der Waals surface area contributed by atoms with Crippen molar-refractivity contribution in [2.75, 3.05) is 10.6 Å². The van der Waals surface area contributed by atoms with Crippen molar-refractivity contribution in [1.82, 2.24) is 4.98 Å². The molecule has 23 heavy (non-hydrogen) atoms. The first kappa shape index (κ1) is 14.9. The van der Waals surface area contributed by atoms with E-state index in [1.165, 1.54) is 0 Å². The Morgan fingerprint density at radius 2 is 1.91 bits per heavy atom. The van der Waals surface area contributed by atoms with Crippen LogP contribution < -0.4 is 10.6 Å². The summed E-state index contributed by atoms with van der Waals surface area (Å²) in [5, 5.41) is 13.9. The lowest BCUT2D eigenvalue weighted by molar-refractivity contribution is 0.262. The predicted octanol–water partition coefficient (Wildman–Crippen LogP) is 4.09. The van der Waals surface area contributed by atoms with Gasteiger partial charge < -0.3 is 5.32 Å². The van der Waals surface area contributed by atoms with Gasteiger partial charge in [-0.3, -0.25) is 5.32 Å². The summed E-state index contributed by atoms with van der Waals surface area (Å²) < 4.78 is 27.0. The molecule has 2 amide bonds. The van der Waals surface area contributed by atoms with Crippen LogP contribution in [0.5, 0.6) is 0 Å². The summed E-state index contributed by atoms with van der Waals surface area (Å²) in [7, 11) is 0. The highest BCUT2D eigenvalue weighted by Crippen LogP contribution is 2.28. The molecular formula is C15H8F2N4OS. The number of nitriles is 1. The lowest BCUT2D eigenvalue weighted by Gasteiger charge is -2.04. The molecule has 0 fully saturated rings. The fourth-order valence-corrected chi connectivity index (χ4v) is 2.80. The second kappa shape index (κ2) is 5.98. The van der Waals surface area contributed by atoms with E-state index >= 15 is 0 Å². The summed E-state index contributed by atoms with van der Waals surface area (Å²) in [6.45, 7) is 0. The van der Waals surface area contributed by atoms with Crippen LogP contribution in [-0.4, -0.2) is 11.0 Å². The van der Waals surface area contributed by atoms with Crippen LogP contribution in [0.2, 0.25) is 0 Å². The summed E-state index contributed by atoms with van der Waals surface area (Å²) in [6.07, 6.45) is 0. The first-order valence-electron chi connectivity index (χ1n) is 6.39. The number of urea groups is 1. The molecular weight excluding hydrogens is 322 g/mol. The first-order chi connectivity index (χ1) is 11.0. The second-order valence-electron chi connectivity index (χ2n) is 4.52. The van der Waals surface area contributed by atoms with Crippen LogP contribution in [0.3, 0.4) is 0 Å². The zero-order valence-corrected chi connectivity index (χ0v) is 12.2. The average Bonchev–Trinajstić information content (AvgIpc) is 2.90. The summed E-state index contributed by atoms with van der Waals surface area (Å²) in [6, 6.07) is 9.56. The molecule has 0 atom stereocenters. The number of nitrogens with one attached hydrogen (secondary N) is 2. The highest BCUT2D eigenvalue weighted by atomic mass is 32.1. The number of rotatable bonds is 2. The van der Waals surface area contributed by atoms with Gasteiger partial charge in [0.25, 0.3) is 0 Å².